The molecule has 0 bridgehead atoms. The summed E-state index contributed by atoms with van der Waals surface area (Å²) in [4.78, 5) is 11.1. The van der Waals surface area contributed by atoms with Gasteiger partial charge in [0.25, 0.3) is 0 Å². The van der Waals surface area contributed by atoms with E-state index in [1.807, 2.05) is 0 Å². The van der Waals surface area contributed by atoms with Crippen molar-refractivity contribution >= 4 is 5.97 Å². The lowest BCUT2D eigenvalue weighted by Gasteiger charge is -2.33. The minimum Gasteiger partial charge on any atom is -0.465 e. The molecule has 0 saturated carbocycles. The molecule has 0 aliphatic carbocycles. The van der Waals surface area contributed by atoms with E-state index < -0.39 is 48.9 Å². The fourth-order valence-electron chi connectivity index (χ4n) is 1.15. The number of carbonyl (C=O) groups is 1. The third kappa shape index (κ3) is 3.97. The van der Waals surface area contributed by atoms with Gasteiger partial charge in [0.1, 0.15) is 0 Å². The number of hydrogen-bond donors (Lipinski definition) is 0. The zero-order chi connectivity index (χ0) is 18.0. The molecule has 0 saturated heterocycles. The van der Waals surface area contributed by atoms with Gasteiger partial charge in [0.2, 0.25) is 0 Å². The van der Waals surface area contributed by atoms with E-state index in [1.165, 1.54) is 13.8 Å². The Morgan fingerprint density at radius 1 is 0.955 bits per heavy atom. The van der Waals surface area contributed by atoms with Crippen LogP contribution in [-0.2, 0) is 9.53 Å². The molecule has 0 radical (unpaired) electrons. The Balaban J connectivity index is 4.97. The van der Waals surface area contributed by atoms with Gasteiger partial charge in [-0.15, -0.1) is 0 Å². The van der Waals surface area contributed by atoms with Crippen LogP contribution in [0, 0.1) is 5.92 Å². The largest absolute Gasteiger partial charge is 0.465 e. The minimum atomic E-state index is -6.93. The monoisotopic (exact) mass is 348 g/mol. The van der Waals surface area contributed by atoms with Crippen molar-refractivity contribution in [1.29, 1.82) is 0 Å². The fraction of sp³-hybridized carbons (Fsp3) is 0.909. The Kier molecular flexibility index (Phi) is 6.19. The Morgan fingerprint density at radius 3 is 1.77 bits per heavy atom. The number of halogens is 9. The summed E-state index contributed by atoms with van der Waals surface area (Å²) in [6.07, 6.45) is -8.79. The van der Waals surface area contributed by atoms with E-state index in [9.17, 15) is 44.3 Å². The van der Waals surface area contributed by atoms with E-state index in [0.717, 1.165) is 0 Å². The first kappa shape index (κ1) is 20.8. The van der Waals surface area contributed by atoms with Crippen LogP contribution >= 0.6 is 0 Å². The molecule has 1 atom stereocenters. The molecule has 0 fully saturated rings. The molecule has 22 heavy (non-hydrogen) atoms. The summed E-state index contributed by atoms with van der Waals surface area (Å²) in [5, 5.41) is 0. The predicted octanol–water partition coefficient (Wildman–Crippen LogP) is 4.43. The van der Waals surface area contributed by atoms with Crippen molar-refractivity contribution in [2.24, 2.45) is 5.92 Å². The van der Waals surface area contributed by atoms with Crippen molar-refractivity contribution in [3.05, 3.63) is 0 Å². The fourth-order valence-corrected chi connectivity index (χ4v) is 1.15. The molecule has 0 aromatic rings. The second-order valence-corrected chi connectivity index (χ2v) is 4.58. The first-order valence-corrected chi connectivity index (χ1v) is 5.98. The number of esters is 1. The Labute approximate surface area is 119 Å². The van der Waals surface area contributed by atoms with E-state index in [4.69, 9.17) is 0 Å². The van der Waals surface area contributed by atoms with Crippen LogP contribution in [-0.4, -0.2) is 36.5 Å². The molecule has 11 heteroatoms. The highest BCUT2D eigenvalue weighted by Gasteiger charge is 2.81. The first-order valence-electron chi connectivity index (χ1n) is 5.98. The maximum absolute atomic E-state index is 13.0. The molecule has 1 unspecified atom stereocenters. The van der Waals surface area contributed by atoms with E-state index in [-0.39, 0.29) is 6.42 Å². The van der Waals surface area contributed by atoms with Crippen LogP contribution in [0.5, 0.6) is 0 Å². The summed E-state index contributed by atoms with van der Waals surface area (Å²) in [5.41, 5.74) is 0. The predicted molar refractivity (Wildman–Crippen MR) is 55.9 cm³/mol. The van der Waals surface area contributed by atoms with Gasteiger partial charge in [-0.25, -0.2) is 0 Å². The van der Waals surface area contributed by atoms with Crippen molar-refractivity contribution in [3.8, 4) is 0 Å². The number of alkyl halides is 9. The van der Waals surface area contributed by atoms with Crippen LogP contribution in [0.1, 0.15) is 26.7 Å². The summed E-state index contributed by atoms with van der Waals surface area (Å²) in [6.45, 7) is 1.44. The van der Waals surface area contributed by atoms with Gasteiger partial charge >= 0.3 is 29.9 Å². The van der Waals surface area contributed by atoms with Gasteiger partial charge in [-0.05, 0) is 6.42 Å². The summed E-state index contributed by atoms with van der Waals surface area (Å²) >= 11 is 0. The van der Waals surface area contributed by atoms with Crippen molar-refractivity contribution in [2.75, 3.05) is 6.61 Å². The SMILES string of the molecule is CCC(C)C(=O)OCCC(F)(F)C(F)(F)C(F)(F)C(F)(F)F. The topological polar surface area (TPSA) is 26.3 Å². The lowest BCUT2D eigenvalue weighted by molar-refractivity contribution is -0.397. The smallest absolute Gasteiger partial charge is 0.460 e. The molecule has 0 aromatic heterocycles. The van der Waals surface area contributed by atoms with Crippen LogP contribution < -0.4 is 0 Å². The molecule has 0 amide bonds. The van der Waals surface area contributed by atoms with Crippen LogP contribution in [0.25, 0.3) is 0 Å². The highest BCUT2D eigenvalue weighted by atomic mass is 19.4. The number of hydrogen-bond acceptors (Lipinski definition) is 2. The molecule has 0 N–H and O–H groups in total. The molecular weight excluding hydrogens is 335 g/mol. The summed E-state index contributed by atoms with van der Waals surface area (Å²) in [5.74, 6) is -21.1. The molecule has 2 nitrogen and oxygen atoms in total. The van der Waals surface area contributed by atoms with E-state index in [2.05, 4.69) is 4.74 Å². The quantitative estimate of drug-likeness (QED) is 0.502. The van der Waals surface area contributed by atoms with Crippen molar-refractivity contribution in [3.63, 3.8) is 0 Å². The van der Waals surface area contributed by atoms with Crippen molar-refractivity contribution < 1.29 is 49.0 Å². The first-order chi connectivity index (χ1) is 9.62. The summed E-state index contributed by atoms with van der Waals surface area (Å²) in [7, 11) is 0. The number of rotatable bonds is 7. The minimum absolute atomic E-state index is 0.234. The maximum Gasteiger partial charge on any atom is 0.460 e. The molecule has 0 aliphatic rings. The normalized spacial score (nSPS) is 15.6. The average Bonchev–Trinajstić information content (AvgIpc) is 2.35. The van der Waals surface area contributed by atoms with Gasteiger partial charge in [0.05, 0.1) is 18.9 Å². The van der Waals surface area contributed by atoms with Crippen LogP contribution in [0.4, 0.5) is 39.5 Å². The summed E-state index contributed by atoms with van der Waals surface area (Å²) < 4.78 is 116. The second kappa shape index (κ2) is 6.53. The van der Waals surface area contributed by atoms with Gasteiger partial charge in [-0.2, -0.15) is 39.5 Å². The Morgan fingerprint density at radius 2 is 1.41 bits per heavy atom. The highest BCUT2D eigenvalue weighted by molar-refractivity contribution is 5.71. The molecule has 0 aliphatic heterocycles. The average molecular weight is 348 g/mol. The molecular formula is C11H13F9O2. The Bertz CT molecular complexity index is 390. The zero-order valence-electron chi connectivity index (χ0n) is 11.4. The van der Waals surface area contributed by atoms with Gasteiger partial charge in [0.15, 0.2) is 0 Å². The molecule has 0 spiro atoms. The van der Waals surface area contributed by atoms with Gasteiger partial charge in [-0.3, -0.25) is 4.79 Å². The molecule has 0 heterocycles. The van der Waals surface area contributed by atoms with Crippen molar-refractivity contribution in [2.45, 2.75) is 50.6 Å². The van der Waals surface area contributed by atoms with Crippen LogP contribution in [0.3, 0.4) is 0 Å². The standard InChI is InChI=1S/C11H13F9O2/c1-3-6(2)7(21)22-5-4-8(12,13)9(14,15)10(16,17)11(18,19)20/h6H,3-5H2,1-2H3. The third-order valence-electron chi connectivity index (χ3n) is 2.88. The highest BCUT2D eigenvalue weighted by Crippen LogP contribution is 2.53. The lowest BCUT2D eigenvalue weighted by Crippen LogP contribution is -2.61. The Hall–Kier alpha value is -1.16. The number of carbonyl (C=O) groups excluding carboxylic acids is 1. The molecule has 132 valence electrons. The van der Waals surface area contributed by atoms with Gasteiger partial charge < -0.3 is 4.74 Å². The maximum atomic E-state index is 13.0. The molecule has 0 rings (SSSR count). The van der Waals surface area contributed by atoms with E-state index in [1.54, 1.807) is 0 Å². The van der Waals surface area contributed by atoms with Gasteiger partial charge in [-0.1, -0.05) is 13.8 Å². The third-order valence-corrected chi connectivity index (χ3v) is 2.88. The zero-order valence-corrected chi connectivity index (χ0v) is 11.4. The van der Waals surface area contributed by atoms with Gasteiger partial charge in [0, 0.05) is 0 Å². The van der Waals surface area contributed by atoms with E-state index in [0.29, 0.717) is 0 Å². The summed E-state index contributed by atoms with van der Waals surface area (Å²) in [6, 6.07) is 0. The number of ether oxygens (including phenoxy) is 1. The molecule has 0 aromatic carbocycles. The van der Waals surface area contributed by atoms with E-state index >= 15 is 0 Å². The van der Waals surface area contributed by atoms with Crippen LogP contribution in [0.15, 0.2) is 0 Å². The lowest BCUT2D eigenvalue weighted by atomic mass is 10.0. The van der Waals surface area contributed by atoms with Crippen molar-refractivity contribution in [1.82, 2.24) is 0 Å². The van der Waals surface area contributed by atoms with Crippen LogP contribution in [0.2, 0.25) is 0 Å². The second-order valence-electron chi connectivity index (χ2n) is 4.58.